The Kier molecular flexibility index (Phi) is 6.34. The lowest BCUT2D eigenvalue weighted by Crippen LogP contribution is -2.41. The first-order valence-electron chi connectivity index (χ1n) is 8.58. The van der Waals surface area contributed by atoms with E-state index in [1.807, 2.05) is 12.1 Å². The maximum Gasteiger partial charge on any atom is 0.168 e. The van der Waals surface area contributed by atoms with E-state index in [9.17, 15) is 4.79 Å². The van der Waals surface area contributed by atoms with E-state index in [1.165, 1.54) is 18.4 Å². The normalized spacial score (nSPS) is 26.2. The number of nitrogens with one attached hydrogen (secondary N) is 1. The van der Waals surface area contributed by atoms with Gasteiger partial charge in [0.25, 0.3) is 0 Å². The molecule has 2 rings (SSSR count). The second kappa shape index (κ2) is 8.25. The van der Waals surface area contributed by atoms with Crippen molar-refractivity contribution >= 4 is 6.29 Å². The van der Waals surface area contributed by atoms with Crippen LogP contribution in [0.3, 0.4) is 0 Å². The molecule has 0 aliphatic heterocycles. The highest BCUT2D eigenvalue weighted by atomic mass is 16.5. The zero-order valence-corrected chi connectivity index (χ0v) is 14.5. The SMILES string of the molecule is CCCCN/C=C1/CCCC(C)C1(OC)c1ccnc(C=O)c1. The number of aldehydes is 1. The van der Waals surface area contributed by atoms with Gasteiger partial charge in [0.05, 0.1) is 0 Å². The van der Waals surface area contributed by atoms with Gasteiger partial charge in [-0.05, 0) is 61.1 Å². The van der Waals surface area contributed by atoms with Gasteiger partial charge in [-0.2, -0.15) is 0 Å². The number of unbranched alkanes of at least 4 members (excludes halogenated alkanes) is 1. The van der Waals surface area contributed by atoms with Crippen LogP contribution in [0.1, 0.15) is 62.0 Å². The van der Waals surface area contributed by atoms with Gasteiger partial charge in [0.2, 0.25) is 0 Å². The maximum atomic E-state index is 11.1. The number of methoxy groups -OCH3 is 1. The van der Waals surface area contributed by atoms with Crippen molar-refractivity contribution in [1.82, 2.24) is 10.3 Å². The Morgan fingerprint density at radius 1 is 1.52 bits per heavy atom. The Balaban J connectivity index is 2.40. The fourth-order valence-electron chi connectivity index (χ4n) is 3.62. The van der Waals surface area contributed by atoms with Crippen LogP contribution in [0.4, 0.5) is 0 Å². The molecule has 1 fully saturated rings. The number of ether oxygens (including phenoxy) is 1. The molecule has 0 amide bonds. The third kappa shape index (κ3) is 3.63. The minimum atomic E-state index is -0.474. The molecule has 1 aliphatic rings. The van der Waals surface area contributed by atoms with E-state index in [-0.39, 0.29) is 0 Å². The lowest BCUT2D eigenvalue weighted by Gasteiger charge is -2.44. The molecule has 1 aromatic heterocycles. The van der Waals surface area contributed by atoms with E-state index < -0.39 is 5.60 Å². The van der Waals surface area contributed by atoms with Gasteiger partial charge in [-0.1, -0.05) is 20.3 Å². The van der Waals surface area contributed by atoms with E-state index in [2.05, 4.69) is 30.3 Å². The Morgan fingerprint density at radius 2 is 2.35 bits per heavy atom. The average molecular weight is 316 g/mol. The lowest BCUT2D eigenvalue weighted by atomic mass is 9.69. The van der Waals surface area contributed by atoms with Crippen molar-refractivity contribution < 1.29 is 9.53 Å². The van der Waals surface area contributed by atoms with Crippen LogP contribution in [0, 0.1) is 5.92 Å². The Hall–Kier alpha value is -1.68. The maximum absolute atomic E-state index is 11.1. The summed E-state index contributed by atoms with van der Waals surface area (Å²) < 4.78 is 6.09. The summed E-state index contributed by atoms with van der Waals surface area (Å²) in [5.41, 5.74) is 2.26. The molecule has 1 heterocycles. The Morgan fingerprint density at radius 3 is 3.04 bits per heavy atom. The minimum absolute atomic E-state index is 0.349. The molecule has 0 saturated heterocycles. The van der Waals surface area contributed by atoms with Crippen molar-refractivity contribution in [2.75, 3.05) is 13.7 Å². The third-order valence-corrected chi connectivity index (χ3v) is 4.86. The first-order valence-corrected chi connectivity index (χ1v) is 8.58. The fourth-order valence-corrected chi connectivity index (χ4v) is 3.62. The lowest BCUT2D eigenvalue weighted by molar-refractivity contribution is -0.0434. The van der Waals surface area contributed by atoms with Crippen LogP contribution in [0.5, 0.6) is 0 Å². The van der Waals surface area contributed by atoms with Crippen molar-refractivity contribution in [3.63, 3.8) is 0 Å². The average Bonchev–Trinajstić information content (AvgIpc) is 2.59. The summed E-state index contributed by atoms with van der Waals surface area (Å²) in [5.74, 6) is 0.349. The fraction of sp³-hybridized carbons (Fsp3) is 0.579. The highest BCUT2D eigenvalue weighted by Gasteiger charge is 2.44. The van der Waals surface area contributed by atoms with Crippen LogP contribution in [0.15, 0.2) is 30.1 Å². The largest absolute Gasteiger partial charge is 0.391 e. The van der Waals surface area contributed by atoms with Crippen molar-refractivity contribution in [3.05, 3.63) is 41.4 Å². The monoisotopic (exact) mass is 316 g/mol. The second-order valence-electron chi connectivity index (χ2n) is 6.30. The van der Waals surface area contributed by atoms with Crippen LogP contribution in [-0.4, -0.2) is 24.9 Å². The minimum Gasteiger partial charge on any atom is -0.391 e. The molecular formula is C19H28N2O2. The van der Waals surface area contributed by atoms with Gasteiger partial charge in [-0.15, -0.1) is 0 Å². The molecular weight excluding hydrogens is 288 g/mol. The molecule has 126 valence electrons. The van der Waals surface area contributed by atoms with Gasteiger partial charge in [-0.25, -0.2) is 0 Å². The molecule has 2 atom stereocenters. The molecule has 2 unspecified atom stereocenters. The summed E-state index contributed by atoms with van der Waals surface area (Å²) in [6, 6.07) is 3.83. The molecule has 4 nitrogen and oxygen atoms in total. The summed E-state index contributed by atoms with van der Waals surface area (Å²) in [7, 11) is 1.77. The standard InChI is InChI=1S/C19H28N2O2/c1-4-5-10-20-13-17-8-6-7-15(2)19(17,23-3)16-9-11-21-18(12-16)14-22/h9,11-15,20H,4-8,10H2,1-3H3/b17-13-. The van der Waals surface area contributed by atoms with Crippen molar-refractivity contribution in [1.29, 1.82) is 0 Å². The smallest absolute Gasteiger partial charge is 0.168 e. The number of aromatic nitrogens is 1. The van der Waals surface area contributed by atoms with Crippen molar-refractivity contribution in [2.45, 2.75) is 51.6 Å². The zero-order chi connectivity index (χ0) is 16.7. The molecule has 1 N–H and O–H groups in total. The molecule has 0 radical (unpaired) electrons. The first-order chi connectivity index (χ1) is 11.2. The van der Waals surface area contributed by atoms with Crippen LogP contribution in [0.25, 0.3) is 0 Å². The molecule has 23 heavy (non-hydrogen) atoms. The summed E-state index contributed by atoms with van der Waals surface area (Å²) >= 11 is 0. The summed E-state index contributed by atoms with van der Waals surface area (Å²) in [5, 5.41) is 3.44. The Labute approximate surface area is 139 Å². The van der Waals surface area contributed by atoms with Crippen LogP contribution < -0.4 is 5.32 Å². The molecule has 1 aromatic rings. The number of nitrogens with zero attached hydrogens (tertiary/aromatic N) is 1. The van der Waals surface area contributed by atoms with E-state index >= 15 is 0 Å². The second-order valence-corrected chi connectivity index (χ2v) is 6.30. The molecule has 1 saturated carbocycles. The van der Waals surface area contributed by atoms with E-state index in [0.29, 0.717) is 11.6 Å². The zero-order valence-electron chi connectivity index (χ0n) is 14.5. The molecule has 0 bridgehead atoms. The molecule has 0 aromatic carbocycles. The van der Waals surface area contributed by atoms with Gasteiger partial charge in [-0.3, -0.25) is 9.78 Å². The molecule has 1 aliphatic carbocycles. The molecule has 0 spiro atoms. The van der Waals surface area contributed by atoms with Gasteiger partial charge in [0, 0.05) is 19.9 Å². The van der Waals surface area contributed by atoms with E-state index in [0.717, 1.165) is 37.7 Å². The highest BCUT2D eigenvalue weighted by molar-refractivity contribution is 5.72. The summed E-state index contributed by atoms with van der Waals surface area (Å²) in [4.78, 5) is 15.2. The molecule has 4 heteroatoms. The van der Waals surface area contributed by atoms with Gasteiger partial charge >= 0.3 is 0 Å². The van der Waals surface area contributed by atoms with Crippen LogP contribution in [0.2, 0.25) is 0 Å². The quantitative estimate of drug-likeness (QED) is 0.613. The predicted molar refractivity (Wildman–Crippen MR) is 92.3 cm³/mol. The van der Waals surface area contributed by atoms with Crippen molar-refractivity contribution in [2.24, 2.45) is 5.92 Å². The number of hydrogen-bond donors (Lipinski definition) is 1. The van der Waals surface area contributed by atoms with Crippen molar-refractivity contribution in [3.8, 4) is 0 Å². The number of hydrogen-bond acceptors (Lipinski definition) is 4. The number of carbonyl (C=O) groups excluding carboxylic acids is 1. The number of rotatable bonds is 7. The van der Waals surface area contributed by atoms with Crippen LogP contribution in [-0.2, 0) is 10.3 Å². The van der Waals surface area contributed by atoms with Crippen LogP contribution >= 0.6 is 0 Å². The summed E-state index contributed by atoms with van der Waals surface area (Å²) in [6.07, 6.45) is 10.2. The Bertz CT molecular complexity index is 556. The third-order valence-electron chi connectivity index (χ3n) is 4.86. The number of carbonyl (C=O) groups is 1. The topological polar surface area (TPSA) is 51.2 Å². The first kappa shape index (κ1) is 17.7. The van der Waals surface area contributed by atoms with Gasteiger partial charge in [0.15, 0.2) is 6.29 Å². The predicted octanol–water partition coefficient (Wildman–Crippen LogP) is 3.83. The van der Waals surface area contributed by atoms with Gasteiger partial charge in [0.1, 0.15) is 11.3 Å². The summed E-state index contributed by atoms with van der Waals surface area (Å²) in [6.45, 7) is 5.39. The number of pyridine rings is 1. The van der Waals surface area contributed by atoms with E-state index in [1.54, 1.807) is 13.3 Å². The highest BCUT2D eigenvalue weighted by Crippen LogP contribution is 2.47. The van der Waals surface area contributed by atoms with E-state index in [4.69, 9.17) is 4.74 Å². The van der Waals surface area contributed by atoms with Gasteiger partial charge < -0.3 is 10.1 Å².